The van der Waals surface area contributed by atoms with Crippen LogP contribution in [0.1, 0.15) is 35.3 Å². The van der Waals surface area contributed by atoms with Crippen LogP contribution < -0.4 is 10.6 Å². The second-order valence-corrected chi connectivity index (χ2v) is 7.76. The Morgan fingerprint density at radius 3 is 2.17 bits per heavy atom. The Kier molecular flexibility index (Phi) is 7.99. The van der Waals surface area contributed by atoms with Gasteiger partial charge in [0.15, 0.2) is 0 Å². The third-order valence-corrected chi connectivity index (χ3v) is 5.65. The van der Waals surface area contributed by atoms with Crippen molar-refractivity contribution in [3.8, 4) is 0 Å². The minimum Gasteiger partial charge on any atom is -0.350 e. The molecule has 0 aliphatic carbocycles. The Morgan fingerprint density at radius 2 is 1.50 bits per heavy atom. The van der Waals surface area contributed by atoms with Crippen molar-refractivity contribution in [2.45, 2.75) is 33.0 Å². The van der Waals surface area contributed by atoms with Crippen LogP contribution in [-0.2, 0) is 17.9 Å². The first kappa shape index (κ1) is 22.0. The molecule has 1 unspecified atom stereocenters. The highest BCUT2D eigenvalue weighted by molar-refractivity contribution is 5.97. The van der Waals surface area contributed by atoms with Gasteiger partial charge in [0.2, 0.25) is 5.91 Å². The standard InChI is InChI=1S/C24H32N4O2/c1-3-27-13-15-28(16-14-27)18-22-12-8-7-11-21(22)17-25-23(29)19(2)26-24(30)20-9-5-4-6-10-20/h4-12,19H,3,13-18H2,1-2H3,(H,25,29)(H,26,30). The Balaban J connectivity index is 1.51. The first-order valence-corrected chi connectivity index (χ1v) is 10.7. The van der Waals surface area contributed by atoms with Gasteiger partial charge < -0.3 is 15.5 Å². The molecule has 1 saturated heterocycles. The largest absolute Gasteiger partial charge is 0.350 e. The lowest BCUT2D eigenvalue weighted by molar-refractivity contribution is -0.122. The van der Waals surface area contributed by atoms with E-state index in [2.05, 4.69) is 39.5 Å². The molecule has 1 aliphatic rings. The van der Waals surface area contributed by atoms with Crippen LogP contribution in [0.2, 0.25) is 0 Å². The number of hydrogen-bond acceptors (Lipinski definition) is 4. The van der Waals surface area contributed by atoms with E-state index in [0.717, 1.165) is 44.8 Å². The van der Waals surface area contributed by atoms with E-state index in [1.165, 1.54) is 5.56 Å². The number of benzene rings is 2. The van der Waals surface area contributed by atoms with Crippen molar-refractivity contribution >= 4 is 11.8 Å². The maximum atomic E-state index is 12.5. The Morgan fingerprint density at radius 1 is 0.900 bits per heavy atom. The molecule has 3 rings (SSSR count). The van der Waals surface area contributed by atoms with E-state index in [-0.39, 0.29) is 11.8 Å². The molecule has 0 bridgehead atoms. The fourth-order valence-electron chi connectivity index (χ4n) is 3.66. The van der Waals surface area contributed by atoms with Gasteiger partial charge in [-0.1, -0.05) is 49.4 Å². The molecular formula is C24H32N4O2. The zero-order valence-corrected chi connectivity index (χ0v) is 17.9. The summed E-state index contributed by atoms with van der Waals surface area (Å²) in [5.74, 6) is -0.435. The van der Waals surface area contributed by atoms with Crippen LogP contribution in [0.3, 0.4) is 0 Å². The van der Waals surface area contributed by atoms with E-state index in [9.17, 15) is 9.59 Å². The molecule has 0 saturated carbocycles. The van der Waals surface area contributed by atoms with E-state index < -0.39 is 6.04 Å². The second kappa shape index (κ2) is 10.9. The third-order valence-electron chi connectivity index (χ3n) is 5.65. The van der Waals surface area contributed by atoms with Gasteiger partial charge in [0.1, 0.15) is 6.04 Å². The number of rotatable bonds is 8. The molecular weight excluding hydrogens is 376 g/mol. The summed E-state index contributed by atoms with van der Waals surface area (Å²) in [5, 5.41) is 5.73. The summed E-state index contributed by atoms with van der Waals surface area (Å²) in [6, 6.07) is 16.6. The molecule has 160 valence electrons. The summed E-state index contributed by atoms with van der Waals surface area (Å²) in [6.45, 7) is 10.7. The molecule has 1 aliphatic heterocycles. The fraction of sp³-hybridized carbons (Fsp3) is 0.417. The molecule has 6 heteroatoms. The maximum absolute atomic E-state index is 12.5. The monoisotopic (exact) mass is 408 g/mol. The number of likely N-dealkylation sites (N-methyl/N-ethyl adjacent to an activating group) is 1. The summed E-state index contributed by atoms with van der Waals surface area (Å²) in [4.78, 5) is 29.7. The smallest absolute Gasteiger partial charge is 0.251 e. The van der Waals surface area contributed by atoms with Crippen LogP contribution >= 0.6 is 0 Å². The van der Waals surface area contributed by atoms with Crippen molar-refractivity contribution in [3.63, 3.8) is 0 Å². The highest BCUT2D eigenvalue weighted by atomic mass is 16.2. The number of carbonyl (C=O) groups is 2. The van der Waals surface area contributed by atoms with E-state index in [1.54, 1.807) is 31.2 Å². The number of piperazine rings is 1. The van der Waals surface area contributed by atoms with E-state index in [4.69, 9.17) is 0 Å². The van der Waals surface area contributed by atoms with Gasteiger partial charge in [-0.3, -0.25) is 14.5 Å². The molecule has 1 atom stereocenters. The quantitative estimate of drug-likeness (QED) is 0.703. The number of amides is 2. The van der Waals surface area contributed by atoms with Crippen LogP contribution in [0, 0.1) is 0 Å². The summed E-state index contributed by atoms with van der Waals surface area (Å²) < 4.78 is 0. The molecule has 1 heterocycles. The SMILES string of the molecule is CCN1CCN(Cc2ccccc2CNC(=O)C(C)NC(=O)c2ccccc2)CC1. The predicted molar refractivity (Wildman–Crippen MR) is 119 cm³/mol. The minimum absolute atomic E-state index is 0.189. The number of hydrogen-bond donors (Lipinski definition) is 2. The van der Waals surface area contributed by atoms with Crippen LogP contribution in [0.5, 0.6) is 0 Å². The van der Waals surface area contributed by atoms with Crippen LogP contribution in [0.25, 0.3) is 0 Å². The van der Waals surface area contributed by atoms with Gasteiger partial charge in [-0.05, 0) is 36.7 Å². The van der Waals surface area contributed by atoms with Crippen molar-refractivity contribution in [1.82, 2.24) is 20.4 Å². The van der Waals surface area contributed by atoms with Gasteiger partial charge >= 0.3 is 0 Å². The van der Waals surface area contributed by atoms with Crippen molar-refractivity contribution in [1.29, 1.82) is 0 Å². The van der Waals surface area contributed by atoms with Crippen molar-refractivity contribution < 1.29 is 9.59 Å². The van der Waals surface area contributed by atoms with Gasteiger partial charge in [-0.15, -0.1) is 0 Å². The molecule has 2 aromatic rings. The second-order valence-electron chi connectivity index (χ2n) is 7.76. The van der Waals surface area contributed by atoms with Gasteiger partial charge in [-0.25, -0.2) is 0 Å². The zero-order valence-electron chi connectivity index (χ0n) is 17.9. The van der Waals surface area contributed by atoms with E-state index >= 15 is 0 Å². The Hall–Kier alpha value is -2.70. The van der Waals surface area contributed by atoms with Crippen molar-refractivity contribution in [2.24, 2.45) is 0 Å². The maximum Gasteiger partial charge on any atom is 0.251 e. The topological polar surface area (TPSA) is 64.7 Å². The van der Waals surface area contributed by atoms with Crippen molar-refractivity contribution in [3.05, 3.63) is 71.3 Å². The normalized spacial score (nSPS) is 16.1. The molecule has 0 radical (unpaired) electrons. The van der Waals surface area contributed by atoms with E-state index in [0.29, 0.717) is 12.1 Å². The van der Waals surface area contributed by atoms with Crippen LogP contribution in [0.4, 0.5) is 0 Å². The minimum atomic E-state index is -0.605. The van der Waals surface area contributed by atoms with E-state index in [1.807, 2.05) is 18.2 Å². The summed E-state index contributed by atoms with van der Waals surface area (Å²) in [7, 11) is 0. The molecule has 6 nitrogen and oxygen atoms in total. The summed E-state index contributed by atoms with van der Waals surface area (Å²) in [5.41, 5.74) is 2.90. The van der Waals surface area contributed by atoms with Crippen LogP contribution in [-0.4, -0.2) is 60.4 Å². The zero-order chi connectivity index (χ0) is 21.3. The molecule has 2 aromatic carbocycles. The Bertz CT molecular complexity index is 832. The average Bonchev–Trinajstić information content (AvgIpc) is 2.79. The molecule has 2 amide bonds. The third kappa shape index (κ3) is 6.15. The fourth-order valence-corrected chi connectivity index (χ4v) is 3.66. The number of nitrogens with one attached hydrogen (secondary N) is 2. The molecule has 2 N–H and O–H groups in total. The van der Waals surface area contributed by atoms with Gasteiger partial charge in [-0.2, -0.15) is 0 Å². The van der Waals surface area contributed by atoms with Gasteiger partial charge in [0, 0.05) is 44.8 Å². The lowest BCUT2D eigenvalue weighted by Crippen LogP contribution is -2.46. The molecule has 0 spiro atoms. The molecule has 1 fully saturated rings. The predicted octanol–water partition coefficient (Wildman–Crippen LogP) is 2.26. The highest BCUT2D eigenvalue weighted by Crippen LogP contribution is 2.13. The van der Waals surface area contributed by atoms with Gasteiger partial charge in [0.25, 0.3) is 5.91 Å². The lowest BCUT2D eigenvalue weighted by atomic mass is 10.1. The lowest BCUT2D eigenvalue weighted by Gasteiger charge is -2.34. The first-order valence-electron chi connectivity index (χ1n) is 10.7. The summed E-state index contributed by atoms with van der Waals surface area (Å²) >= 11 is 0. The molecule has 30 heavy (non-hydrogen) atoms. The van der Waals surface area contributed by atoms with Crippen molar-refractivity contribution in [2.75, 3.05) is 32.7 Å². The highest BCUT2D eigenvalue weighted by Gasteiger charge is 2.18. The van der Waals surface area contributed by atoms with Gasteiger partial charge in [0.05, 0.1) is 0 Å². The number of carbonyl (C=O) groups excluding carboxylic acids is 2. The Labute approximate surface area is 179 Å². The number of nitrogens with zero attached hydrogens (tertiary/aromatic N) is 2. The first-order chi connectivity index (χ1) is 14.6. The molecule has 0 aromatic heterocycles. The average molecular weight is 409 g/mol. The van der Waals surface area contributed by atoms with Crippen LogP contribution in [0.15, 0.2) is 54.6 Å². The summed E-state index contributed by atoms with van der Waals surface area (Å²) in [6.07, 6.45) is 0.